The highest BCUT2D eigenvalue weighted by molar-refractivity contribution is 6.33. The normalized spacial score (nSPS) is 23.3. The summed E-state index contributed by atoms with van der Waals surface area (Å²) in [6, 6.07) is 7.13. The molecule has 2 atom stereocenters. The predicted octanol–water partition coefficient (Wildman–Crippen LogP) is 1.42. The van der Waals surface area contributed by atoms with Crippen molar-refractivity contribution in [2.24, 2.45) is 11.8 Å². The first-order valence-corrected chi connectivity index (χ1v) is 8.00. The Kier molecular flexibility index (Phi) is 4.36. The molecule has 22 heavy (non-hydrogen) atoms. The van der Waals surface area contributed by atoms with Crippen molar-refractivity contribution in [3.63, 3.8) is 0 Å². The lowest BCUT2D eigenvalue weighted by molar-refractivity contribution is -0.127. The number of carbonyl (C=O) groups is 2. The molecule has 1 aromatic rings. The summed E-state index contributed by atoms with van der Waals surface area (Å²) in [5, 5.41) is 6.73. The van der Waals surface area contributed by atoms with Gasteiger partial charge in [-0.3, -0.25) is 9.59 Å². The van der Waals surface area contributed by atoms with Crippen molar-refractivity contribution in [1.82, 2.24) is 10.6 Å². The molecule has 0 radical (unpaired) electrons. The van der Waals surface area contributed by atoms with Crippen LogP contribution in [0.4, 0.5) is 5.69 Å². The van der Waals surface area contributed by atoms with Gasteiger partial charge in [-0.1, -0.05) is 30.7 Å². The van der Waals surface area contributed by atoms with Crippen LogP contribution in [0.15, 0.2) is 24.3 Å². The molecule has 2 unspecified atom stereocenters. The Bertz CT molecular complexity index is 589. The fraction of sp³-hybridized carbons (Fsp3) is 0.500. The van der Waals surface area contributed by atoms with E-state index in [1.54, 1.807) is 11.0 Å². The maximum absolute atomic E-state index is 12.3. The van der Waals surface area contributed by atoms with E-state index in [1.165, 1.54) is 0 Å². The molecule has 3 rings (SSSR count). The molecular formula is C16H20ClN3O2. The van der Waals surface area contributed by atoms with Crippen LogP contribution in [0.2, 0.25) is 5.02 Å². The zero-order valence-electron chi connectivity index (χ0n) is 12.5. The summed E-state index contributed by atoms with van der Waals surface area (Å²) < 4.78 is 0. The van der Waals surface area contributed by atoms with Gasteiger partial charge in [-0.15, -0.1) is 0 Å². The Morgan fingerprint density at radius 1 is 1.41 bits per heavy atom. The number of hydrogen-bond donors (Lipinski definition) is 2. The number of nitrogens with one attached hydrogen (secondary N) is 2. The quantitative estimate of drug-likeness (QED) is 0.881. The first-order valence-electron chi connectivity index (χ1n) is 7.62. The van der Waals surface area contributed by atoms with Gasteiger partial charge >= 0.3 is 0 Å². The van der Waals surface area contributed by atoms with Gasteiger partial charge in [-0.25, -0.2) is 0 Å². The maximum Gasteiger partial charge on any atom is 0.229 e. The van der Waals surface area contributed by atoms with Crippen molar-refractivity contribution in [2.45, 2.75) is 19.4 Å². The molecule has 2 aliphatic heterocycles. The second kappa shape index (κ2) is 6.26. The second-order valence-corrected chi connectivity index (χ2v) is 6.48. The van der Waals surface area contributed by atoms with Gasteiger partial charge in [0.05, 0.1) is 16.8 Å². The minimum Gasteiger partial charge on any atom is -0.351 e. The van der Waals surface area contributed by atoms with E-state index in [-0.39, 0.29) is 23.8 Å². The Morgan fingerprint density at radius 2 is 2.14 bits per heavy atom. The minimum atomic E-state index is -0.147. The fourth-order valence-corrected chi connectivity index (χ4v) is 3.16. The van der Waals surface area contributed by atoms with E-state index in [0.717, 1.165) is 13.1 Å². The van der Waals surface area contributed by atoms with E-state index >= 15 is 0 Å². The number of nitrogens with zero attached hydrogens (tertiary/aromatic N) is 1. The number of benzene rings is 1. The van der Waals surface area contributed by atoms with Crippen LogP contribution in [0.3, 0.4) is 0 Å². The van der Waals surface area contributed by atoms with E-state index < -0.39 is 0 Å². The van der Waals surface area contributed by atoms with Crippen LogP contribution < -0.4 is 15.5 Å². The highest BCUT2D eigenvalue weighted by Crippen LogP contribution is 2.29. The lowest BCUT2D eigenvalue weighted by Gasteiger charge is -2.32. The summed E-state index contributed by atoms with van der Waals surface area (Å²) in [5.41, 5.74) is 0.710. The van der Waals surface area contributed by atoms with Crippen molar-refractivity contribution >= 4 is 29.1 Å². The number of hydrogen-bond acceptors (Lipinski definition) is 3. The number of para-hydroxylation sites is 1. The minimum absolute atomic E-state index is 0.00337. The van der Waals surface area contributed by atoms with Gasteiger partial charge in [0.1, 0.15) is 0 Å². The summed E-state index contributed by atoms with van der Waals surface area (Å²) in [6.07, 6.45) is 0.326. The molecule has 6 heteroatoms. The van der Waals surface area contributed by atoms with Crippen molar-refractivity contribution < 1.29 is 9.59 Å². The van der Waals surface area contributed by atoms with Crippen LogP contribution in [0, 0.1) is 11.8 Å². The standard InChI is InChI=1S/C16H20ClN3O2/c1-10(11-7-18-8-11)16(22)19-12-6-15(21)20(9-12)14-5-3-2-4-13(14)17/h2-5,10-12,18H,6-9H2,1H3,(H,19,22). The predicted molar refractivity (Wildman–Crippen MR) is 85.9 cm³/mol. The van der Waals surface area contributed by atoms with Crippen LogP contribution >= 0.6 is 11.6 Å². The van der Waals surface area contributed by atoms with Gasteiger partial charge < -0.3 is 15.5 Å². The van der Waals surface area contributed by atoms with E-state index in [1.807, 2.05) is 25.1 Å². The molecule has 5 nitrogen and oxygen atoms in total. The van der Waals surface area contributed by atoms with Gasteiger partial charge in [-0.2, -0.15) is 0 Å². The average Bonchev–Trinajstić information content (AvgIpc) is 2.78. The molecule has 2 fully saturated rings. The summed E-state index contributed by atoms with van der Waals surface area (Å²) >= 11 is 6.15. The summed E-state index contributed by atoms with van der Waals surface area (Å²) in [6.45, 7) is 4.21. The second-order valence-electron chi connectivity index (χ2n) is 6.07. The first kappa shape index (κ1) is 15.3. The van der Waals surface area contributed by atoms with Crippen LogP contribution in [-0.2, 0) is 9.59 Å². The molecular weight excluding hydrogens is 302 g/mol. The molecule has 0 spiro atoms. The topological polar surface area (TPSA) is 61.4 Å². The Balaban J connectivity index is 1.62. The molecule has 2 aliphatic rings. The number of amides is 2. The molecule has 2 amide bonds. The molecule has 118 valence electrons. The van der Waals surface area contributed by atoms with E-state index in [9.17, 15) is 9.59 Å². The van der Waals surface area contributed by atoms with Crippen molar-refractivity contribution in [1.29, 1.82) is 0 Å². The number of rotatable bonds is 4. The highest BCUT2D eigenvalue weighted by atomic mass is 35.5. The van der Waals surface area contributed by atoms with Gasteiger partial charge in [0.2, 0.25) is 11.8 Å². The smallest absolute Gasteiger partial charge is 0.229 e. The molecule has 2 saturated heterocycles. The van der Waals surface area contributed by atoms with E-state index in [2.05, 4.69) is 10.6 Å². The molecule has 1 aromatic carbocycles. The molecule has 2 heterocycles. The zero-order chi connectivity index (χ0) is 15.7. The Morgan fingerprint density at radius 3 is 2.77 bits per heavy atom. The van der Waals surface area contributed by atoms with Gasteiger partial charge in [-0.05, 0) is 31.1 Å². The molecule has 0 saturated carbocycles. The number of halogens is 1. The van der Waals surface area contributed by atoms with Gasteiger partial charge in [0.25, 0.3) is 0 Å². The van der Waals surface area contributed by atoms with Crippen LogP contribution in [0.5, 0.6) is 0 Å². The lowest BCUT2D eigenvalue weighted by atomic mass is 9.88. The number of carbonyl (C=O) groups excluding carboxylic acids is 2. The largest absolute Gasteiger partial charge is 0.351 e. The average molecular weight is 322 g/mol. The van der Waals surface area contributed by atoms with E-state index in [0.29, 0.717) is 29.6 Å². The summed E-state index contributed by atoms with van der Waals surface area (Å²) in [5.74, 6) is 0.407. The monoisotopic (exact) mass is 321 g/mol. The SMILES string of the molecule is CC(C(=O)NC1CC(=O)N(c2ccccc2Cl)C1)C1CNC1. The van der Waals surface area contributed by atoms with Crippen LogP contribution in [0.25, 0.3) is 0 Å². The zero-order valence-corrected chi connectivity index (χ0v) is 13.3. The Labute approximate surface area is 135 Å². The molecule has 0 bridgehead atoms. The van der Waals surface area contributed by atoms with Gasteiger partial charge in [0, 0.05) is 18.9 Å². The van der Waals surface area contributed by atoms with Gasteiger partial charge in [0.15, 0.2) is 0 Å². The van der Waals surface area contributed by atoms with Crippen LogP contribution in [0.1, 0.15) is 13.3 Å². The fourth-order valence-electron chi connectivity index (χ4n) is 2.92. The molecule has 0 aromatic heterocycles. The number of anilines is 1. The Hall–Kier alpha value is -1.59. The first-order chi connectivity index (χ1) is 10.6. The third-order valence-corrected chi connectivity index (χ3v) is 4.87. The summed E-state index contributed by atoms with van der Waals surface area (Å²) in [4.78, 5) is 26.1. The third kappa shape index (κ3) is 2.96. The van der Waals surface area contributed by atoms with Crippen molar-refractivity contribution in [3.8, 4) is 0 Å². The highest BCUT2D eigenvalue weighted by Gasteiger charge is 2.35. The molecule has 0 aliphatic carbocycles. The van der Waals surface area contributed by atoms with E-state index in [4.69, 9.17) is 11.6 Å². The molecule has 2 N–H and O–H groups in total. The maximum atomic E-state index is 12.3. The van der Waals surface area contributed by atoms with Crippen molar-refractivity contribution in [2.75, 3.05) is 24.5 Å². The summed E-state index contributed by atoms with van der Waals surface area (Å²) in [7, 11) is 0. The lowest BCUT2D eigenvalue weighted by Crippen LogP contribution is -2.51. The third-order valence-electron chi connectivity index (χ3n) is 4.55. The van der Waals surface area contributed by atoms with Crippen LogP contribution in [-0.4, -0.2) is 37.5 Å². The van der Waals surface area contributed by atoms with Crippen molar-refractivity contribution in [3.05, 3.63) is 29.3 Å².